The van der Waals surface area contributed by atoms with Gasteiger partial charge in [0.15, 0.2) is 0 Å². The smallest absolute Gasteiger partial charge is 0.255 e. The molecule has 1 amide bonds. The minimum atomic E-state index is -0.125. The van der Waals surface area contributed by atoms with E-state index in [-0.39, 0.29) is 11.9 Å². The second-order valence-electron chi connectivity index (χ2n) is 4.17. The highest BCUT2D eigenvalue weighted by atomic mass is 35.5. The van der Waals surface area contributed by atoms with E-state index >= 15 is 0 Å². The predicted octanol–water partition coefficient (Wildman–Crippen LogP) is 1.87. The summed E-state index contributed by atoms with van der Waals surface area (Å²) in [7, 11) is 0. The fourth-order valence-electron chi connectivity index (χ4n) is 1.77. The maximum absolute atomic E-state index is 12.1. The topological polar surface area (TPSA) is 59.3 Å². The molecule has 6 heteroatoms. The van der Waals surface area contributed by atoms with Gasteiger partial charge in [0.2, 0.25) is 0 Å². The molecule has 0 aliphatic rings. The summed E-state index contributed by atoms with van der Waals surface area (Å²) in [4.78, 5) is 16.1. The van der Waals surface area contributed by atoms with E-state index in [1.165, 1.54) is 0 Å². The van der Waals surface area contributed by atoms with Gasteiger partial charge in [-0.05, 0) is 19.8 Å². The number of hydrogen-bond donors (Lipinski definition) is 1. The molecule has 0 saturated carbocycles. The van der Waals surface area contributed by atoms with Gasteiger partial charge < -0.3 is 5.32 Å². The number of halogens is 1. The van der Waals surface area contributed by atoms with Crippen molar-refractivity contribution in [2.75, 3.05) is 5.88 Å². The van der Waals surface area contributed by atoms with Crippen LogP contribution in [0.1, 0.15) is 30.1 Å². The second-order valence-corrected chi connectivity index (χ2v) is 4.55. The zero-order valence-corrected chi connectivity index (χ0v) is 10.9. The molecule has 1 atom stereocenters. The van der Waals surface area contributed by atoms with Gasteiger partial charge in [0.25, 0.3) is 5.91 Å². The van der Waals surface area contributed by atoms with Crippen molar-refractivity contribution >= 4 is 23.0 Å². The molecule has 1 unspecified atom stereocenters. The van der Waals surface area contributed by atoms with Crippen LogP contribution in [-0.4, -0.2) is 32.4 Å². The molecule has 0 fully saturated rings. The largest absolute Gasteiger partial charge is 0.349 e. The number of nitrogens with zero attached hydrogens (tertiary/aromatic N) is 3. The van der Waals surface area contributed by atoms with E-state index in [0.717, 1.165) is 12.8 Å². The molecule has 2 aromatic rings. The Hall–Kier alpha value is -1.62. The third-order valence-electron chi connectivity index (χ3n) is 2.72. The van der Waals surface area contributed by atoms with Gasteiger partial charge in [-0.25, -0.2) is 4.52 Å². The molecule has 2 aromatic heterocycles. The Morgan fingerprint density at radius 2 is 2.39 bits per heavy atom. The number of carbonyl (C=O) groups is 1. The van der Waals surface area contributed by atoms with Crippen molar-refractivity contribution in [1.29, 1.82) is 0 Å². The molecular formula is C12H15ClN4O. The van der Waals surface area contributed by atoms with E-state index in [9.17, 15) is 4.79 Å². The quantitative estimate of drug-likeness (QED) is 0.841. The van der Waals surface area contributed by atoms with E-state index in [4.69, 9.17) is 11.6 Å². The number of hydrogen-bond acceptors (Lipinski definition) is 3. The average molecular weight is 267 g/mol. The first-order chi connectivity index (χ1) is 8.72. The van der Waals surface area contributed by atoms with E-state index in [0.29, 0.717) is 17.0 Å². The van der Waals surface area contributed by atoms with Gasteiger partial charge in [-0.2, -0.15) is 5.10 Å². The van der Waals surface area contributed by atoms with Crippen molar-refractivity contribution in [2.45, 2.75) is 25.8 Å². The molecule has 2 rings (SSSR count). The van der Waals surface area contributed by atoms with Crippen LogP contribution in [0.4, 0.5) is 0 Å². The lowest BCUT2D eigenvalue weighted by atomic mass is 10.2. The monoisotopic (exact) mass is 266 g/mol. The van der Waals surface area contributed by atoms with Crippen molar-refractivity contribution in [3.05, 3.63) is 30.4 Å². The predicted molar refractivity (Wildman–Crippen MR) is 69.9 cm³/mol. The van der Waals surface area contributed by atoms with Gasteiger partial charge in [0.05, 0.1) is 23.5 Å². The lowest BCUT2D eigenvalue weighted by Crippen LogP contribution is -2.32. The van der Waals surface area contributed by atoms with Crippen molar-refractivity contribution in [3.8, 4) is 0 Å². The summed E-state index contributed by atoms with van der Waals surface area (Å²) in [5.74, 6) is 0.487. The van der Waals surface area contributed by atoms with Gasteiger partial charge in [0.1, 0.15) is 0 Å². The van der Waals surface area contributed by atoms with Crippen LogP contribution in [0, 0.1) is 0 Å². The molecule has 0 radical (unpaired) electrons. The van der Waals surface area contributed by atoms with Gasteiger partial charge in [-0.15, -0.1) is 11.6 Å². The van der Waals surface area contributed by atoms with Crippen LogP contribution >= 0.6 is 11.6 Å². The van der Waals surface area contributed by atoms with Crippen LogP contribution < -0.4 is 5.32 Å². The Labute approximate surface area is 110 Å². The van der Waals surface area contributed by atoms with Gasteiger partial charge in [-0.3, -0.25) is 9.78 Å². The Kier molecular flexibility index (Phi) is 4.15. The number of rotatable bonds is 5. The molecule has 1 N–H and O–H groups in total. The minimum absolute atomic E-state index is 0.0999. The van der Waals surface area contributed by atoms with Gasteiger partial charge in [0, 0.05) is 24.3 Å². The lowest BCUT2D eigenvalue weighted by molar-refractivity contribution is 0.0940. The maximum atomic E-state index is 12.1. The fraction of sp³-hybridized carbons (Fsp3) is 0.417. The van der Waals surface area contributed by atoms with Crippen molar-refractivity contribution in [2.24, 2.45) is 0 Å². The number of alkyl halides is 1. The first-order valence-electron chi connectivity index (χ1n) is 5.86. The van der Waals surface area contributed by atoms with Crippen LogP contribution in [0.3, 0.4) is 0 Å². The molecule has 0 aliphatic carbocycles. The summed E-state index contributed by atoms with van der Waals surface area (Å²) in [5, 5.41) is 7.03. The highest BCUT2D eigenvalue weighted by Crippen LogP contribution is 2.09. The molecule has 0 spiro atoms. The van der Waals surface area contributed by atoms with Crippen molar-refractivity contribution < 1.29 is 4.79 Å². The lowest BCUT2D eigenvalue weighted by Gasteiger charge is -2.12. The molecule has 0 aromatic carbocycles. The summed E-state index contributed by atoms with van der Waals surface area (Å²) in [5.41, 5.74) is 1.25. The van der Waals surface area contributed by atoms with Crippen LogP contribution in [0.5, 0.6) is 0 Å². The average Bonchev–Trinajstić information content (AvgIpc) is 2.80. The molecule has 0 aliphatic heterocycles. The summed E-state index contributed by atoms with van der Waals surface area (Å²) in [6.07, 6.45) is 8.28. The third kappa shape index (κ3) is 2.79. The Morgan fingerprint density at radius 3 is 3.17 bits per heavy atom. The number of fused-ring (bicyclic) bond motifs is 1. The fourth-order valence-corrected chi connectivity index (χ4v) is 1.92. The Morgan fingerprint density at radius 1 is 1.56 bits per heavy atom. The Bertz CT molecular complexity index is 540. The van der Waals surface area contributed by atoms with Crippen molar-refractivity contribution in [3.63, 3.8) is 0 Å². The minimum Gasteiger partial charge on any atom is -0.349 e. The van der Waals surface area contributed by atoms with Gasteiger partial charge >= 0.3 is 0 Å². The Balaban J connectivity index is 2.09. The van der Waals surface area contributed by atoms with Crippen LogP contribution in [-0.2, 0) is 0 Å². The van der Waals surface area contributed by atoms with Gasteiger partial charge in [-0.1, -0.05) is 0 Å². The van der Waals surface area contributed by atoms with E-state index in [1.807, 2.05) is 6.92 Å². The zero-order valence-electron chi connectivity index (χ0n) is 10.1. The number of carbonyl (C=O) groups excluding carboxylic acids is 1. The third-order valence-corrected chi connectivity index (χ3v) is 2.98. The summed E-state index contributed by atoms with van der Waals surface area (Å²) >= 11 is 5.63. The summed E-state index contributed by atoms with van der Waals surface area (Å²) in [6.45, 7) is 1.97. The number of aromatic nitrogens is 3. The number of nitrogens with one attached hydrogen (secondary N) is 1. The SMILES string of the molecule is CC(CCCCl)NC(=O)c1cnn2ccncc12. The molecule has 18 heavy (non-hydrogen) atoms. The summed E-state index contributed by atoms with van der Waals surface area (Å²) < 4.78 is 1.63. The van der Waals surface area contributed by atoms with Crippen molar-refractivity contribution in [1.82, 2.24) is 19.9 Å². The van der Waals surface area contributed by atoms with Crippen LogP contribution in [0.2, 0.25) is 0 Å². The molecule has 96 valence electrons. The van der Waals surface area contributed by atoms with E-state index in [2.05, 4.69) is 15.4 Å². The first-order valence-corrected chi connectivity index (χ1v) is 6.40. The van der Waals surface area contributed by atoms with E-state index < -0.39 is 0 Å². The summed E-state index contributed by atoms with van der Waals surface area (Å²) in [6, 6.07) is 0.0999. The van der Waals surface area contributed by atoms with Crippen LogP contribution in [0.15, 0.2) is 24.8 Å². The highest BCUT2D eigenvalue weighted by Gasteiger charge is 2.14. The second kappa shape index (κ2) is 5.82. The molecule has 0 saturated heterocycles. The molecule has 2 heterocycles. The standard InChI is InChI=1S/C12H15ClN4O/c1-9(3-2-4-13)16-12(18)10-7-15-17-6-5-14-8-11(10)17/h5-9H,2-4H2,1H3,(H,16,18). The molecular weight excluding hydrogens is 252 g/mol. The van der Waals surface area contributed by atoms with Crippen LogP contribution in [0.25, 0.3) is 5.52 Å². The molecule has 0 bridgehead atoms. The first kappa shape index (κ1) is 12.8. The molecule has 5 nitrogen and oxygen atoms in total. The highest BCUT2D eigenvalue weighted by molar-refractivity contribution is 6.17. The zero-order chi connectivity index (χ0) is 13.0. The number of amides is 1. The van der Waals surface area contributed by atoms with E-state index in [1.54, 1.807) is 29.3 Å². The maximum Gasteiger partial charge on any atom is 0.255 e. The normalized spacial score (nSPS) is 12.6.